The number of primary sulfonamides is 2. The molecule has 0 aliphatic carbocycles. The van der Waals surface area contributed by atoms with Crippen LogP contribution in [0.15, 0.2) is 94.4 Å². The lowest BCUT2D eigenvalue weighted by atomic mass is 10.1. The molecule has 0 aromatic heterocycles. The minimum Gasteiger partial charge on any atom is -0.351 e. The van der Waals surface area contributed by atoms with E-state index >= 15 is 0 Å². The summed E-state index contributed by atoms with van der Waals surface area (Å²) < 4.78 is 46.2. The first-order chi connectivity index (χ1) is 15.9. The molecular formula is C22H19ClN4O5S2. The van der Waals surface area contributed by atoms with Crippen molar-refractivity contribution in [2.75, 3.05) is 10.2 Å². The zero-order valence-electron chi connectivity index (χ0n) is 17.4. The molecule has 176 valence electrons. The fraction of sp³-hybridized carbons (Fsp3) is 0.0455. The molecule has 3 aromatic rings. The van der Waals surface area contributed by atoms with Gasteiger partial charge in [-0.1, -0.05) is 23.7 Å². The van der Waals surface area contributed by atoms with E-state index in [9.17, 15) is 21.6 Å². The summed E-state index contributed by atoms with van der Waals surface area (Å²) >= 11 is 6.01. The predicted octanol–water partition coefficient (Wildman–Crippen LogP) is 2.72. The van der Waals surface area contributed by atoms with Crippen LogP contribution in [0.2, 0.25) is 5.02 Å². The first-order valence-electron chi connectivity index (χ1n) is 9.77. The number of amides is 1. The lowest BCUT2D eigenvalue weighted by Crippen LogP contribution is -2.30. The third-order valence-corrected chi connectivity index (χ3v) is 7.28. The van der Waals surface area contributed by atoms with E-state index in [0.29, 0.717) is 16.4 Å². The lowest BCUT2D eigenvalue weighted by molar-refractivity contribution is -0.114. The van der Waals surface area contributed by atoms with E-state index in [1.54, 1.807) is 30.3 Å². The fourth-order valence-electron chi connectivity index (χ4n) is 3.52. The maximum absolute atomic E-state index is 13.4. The Morgan fingerprint density at radius 3 is 1.76 bits per heavy atom. The molecule has 34 heavy (non-hydrogen) atoms. The summed E-state index contributed by atoms with van der Waals surface area (Å²) in [6, 6.07) is 17.8. The summed E-state index contributed by atoms with van der Waals surface area (Å²) in [6.45, 7) is 0. The van der Waals surface area contributed by atoms with Crippen molar-refractivity contribution < 1.29 is 21.6 Å². The predicted molar refractivity (Wildman–Crippen MR) is 129 cm³/mol. The van der Waals surface area contributed by atoms with Gasteiger partial charge in [-0.25, -0.2) is 27.1 Å². The van der Waals surface area contributed by atoms with Crippen LogP contribution >= 0.6 is 11.6 Å². The van der Waals surface area contributed by atoms with Crippen LogP contribution in [0, 0.1) is 0 Å². The number of nitrogens with two attached hydrogens (primary N) is 2. The van der Waals surface area contributed by atoms with Crippen LogP contribution in [0.1, 0.15) is 11.6 Å². The smallest absolute Gasteiger partial charge is 0.275 e. The van der Waals surface area contributed by atoms with Crippen molar-refractivity contribution in [3.8, 4) is 0 Å². The molecule has 0 radical (unpaired) electrons. The Hall–Kier alpha value is -3.22. The van der Waals surface area contributed by atoms with Crippen LogP contribution in [-0.4, -0.2) is 22.7 Å². The highest BCUT2D eigenvalue weighted by molar-refractivity contribution is 7.89. The number of carbonyl (C=O) groups is 1. The summed E-state index contributed by atoms with van der Waals surface area (Å²) in [5.74, 6) is -0.376. The van der Waals surface area contributed by atoms with Gasteiger partial charge in [0.25, 0.3) is 5.91 Å². The van der Waals surface area contributed by atoms with Crippen molar-refractivity contribution in [1.82, 2.24) is 0 Å². The normalized spacial score (nSPS) is 16.4. The van der Waals surface area contributed by atoms with E-state index in [-0.39, 0.29) is 21.4 Å². The second kappa shape index (κ2) is 8.85. The molecule has 1 atom stereocenters. The summed E-state index contributed by atoms with van der Waals surface area (Å²) in [5, 5.41) is 13.9. The van der Waals surface area contributed by atoms with Gasteiger partial charge in [0.2, 0.25) is 20.0 Å². The van der Waals surface area contributed by atoms with Crippen LogP contribution in [0.25, 0.3) is 0 Å². The molecule has 5 N–H and O–H groups in total. The second-order valence-corrected chi connectivity index (χ2v) is 11.0. The van der Waals surface area contributed by atoms with Gasteiger partial charge in [-0.2, -0.15) is 0 Å². The number of nitrogens with zero attached hydrogens (tertiary/aromatic N) is 1. The number of benzene rings is 3. The van der Waals surface area contributed by atoms with Crippen LogP contribution in [-0.2, 0) is 24.8 Å². The summed E-state index contributed by atoms with van der Waals surface area (Å²) in [7, 11) is -7.73. The average Bonchev–Trinajstić information content (AvgIpc) is 3.09. The molecule has 0 spiro atoms. The number of hydrogen-bond acceptors (Lipinski definition) is 6. The van der Waals surface area contributed by atoms with Gasteiger partial charge in [0, 0.05) is 16.4 Å². The average molecular weight is 519 g/mol. The Bertz CT molecular complexity index is 1490. The monoisotopic (exact) mass is 518 g/mol. The highest BCUT2D eigenvalue weighted by Crippen LogP contribution is 2.36. The molecule has 1 aliphatic heterocycles. The highest BCUT2D eigenvalue weighted by Gasteiger charge is 2.35. The molecule has 1 amide bonds. The Labute approximate surface area is 201 Å². The molecule has 12 heteroatoms. The van der Waals surface area contributed by atoms with Gasteiger partial charge in [0.1, 0.15) is 5.70 Å². The SMILES string of the molecule is NS(=O)(=O)c1ccc(NC2=C[C@H](c3ccc(Cl)cc3)N(c3ccc(S(N)(=O)=O)cc3)C2=O)cc1. The lowest BCUT2D eigenvalue weighted by Gasteiger charge is -2.25. The highest BCUT2D eigenvalue weighted by atomic mass is 35.5. The second-order valence-electron chi connectivity index (χ2n) is 7.49. The Balaban J connectivity index is 1.70. The van der Waals surface area contributed by atoms with E-state index in [4.69, 9.17) is 21.9 Å². The Morgan fingerprint density at radius 1 is 0.765 bits per heavy atom. The van der Waals surface area contributed by atoms with Gasteiger partial charge in [-0.05, 0) is 72.3 Å². The number of hydrogen-bond donors (Lipinski definition) is 3. The van der Waals surface area contributed by atoms with Crippen molar-refractivity contribution in [2.24, 2.45) is 10.3 Å². The van der Waals surface area contributed by atoms with Crippen molar-refractivity contribution in [3.63, 3.8) is 0 Å². The van der Waals surface area contributed by atoms with Gasteiger partial charge in [-0.3, -0.25) is 9.69 Å². The van der Waals surface area contributed by atoms with E-state index in [2.05, 4.69) is 5.32 Å². The summed E-state index contributed by atoms with van der Waals surface area (Å²) in [4.78, 5) is 14.7. The van der Waals surface area contributed by atoms with Crippen molar-refractivity contribution >= 4 is 48.9 Å². The van der Waals surface area contributed by atoms with Crippen LogP contribution in [0.3, 0.4) is 0 Å². The molecule has 0 fully saturated rings. The van der Waals surface area contributed by atoms with E-state index in [0.717, 1.165) is 5.56 Å². The van der Waals surface area contributed by atoms with Gasteiger partial charge in [0.15, 0.2) is 0 Å². The number of sulfonamides is 2. The topological polar surface area (TPSA) is 153 Å². The number of nitrogens with one attached hydrogen (secondary N) is 1. The molecule has 1 aliphatic rings. The van der Waals surface area contributed by atoms with E-state index in [1.807, 2.05) is 0 Å². The van der Waals surface area contributed by atoms with Gasteiger partial charge < -0.3 is 5.32 Å². The van der Waals surface area contributed by atoms with Crippen LogP contribution in [0.5, 0.6) is 0 Å². The number of rotatable bonds is 6. The minimum atomic E-state index is -3.89. The van der Waals surface area contributed by atoms with Gasteiger partial charge >= 0.3 is 0 Å². The molecule has 0 unspecified atom stereocenters. The van der Waals surface area contributed by atoms with E-state index < -0.39 is 26.1 Å². The Kier molecular flexibility index (Phi) is 6.23. The maximum atomic E-state index is 13.4. The molecular weight excluding hydrogens is 500 g/mol. The number of carbonyl (C=O) groups excluding carboxylic acids is 1. The number of halogens is 1. The van der Waals surface area contributed by atoms with Gasteiger partial charge in [0.05, 0.1) is 15.8 Å². The quantitative estimate of drug-likeness (QED) is 0.456. The van der Waals surface area contributed by atoms with Crippen LogP contribution < -0.4 is 20.5 Å². The molecule has 3 aromatic carbocycles. The molecule has 0 saturated carbocycles. The fourth-order valence-corrected chi connectivity index (χ4v) is 4.67. The van der Waals surface area contributed by atoms with Crippen LogP contribution in [0.4, 0.5) is 11.4 Å². The maximum Gasteiger partial charge on any atom is 0.275 e. The first-order valence-corrected chi connectivity index (χ1v) is 13.2. The zero-order valence-corrected chi connectivity index (χ0v) is 19.8. The van der Waals surface area contributed by atoms with Gasteiger partial charge in [-0.15, -0.1) is 0 Å². The Morgan fingerprint density at radius 2 is 1.26 bits per heavy atom. The van der Waals surface area contributed by atoms with E-state index in [1.165, 1.54) is 53.4 Å². The first kappa shape index (κ1) is 23.9. The van der Waals surface area contributed by atoms with Crippen molar-refractivity contribution in [1.29, 1.82) is 0 Å². The minimum absolute atomic E-state index is 0.0552. The summed E-state index contributed by atoms with van der Waals surface area (Å²) in [5.41, 5.74) is 1.96. The molecule has 0 saturated heterocycles. The third kappa shape index (κ3) is 4.98. The molecule has 0 bridgehead atoms. The van der Waals surface area contributed by atoms with Crippen molar-refractivity contribution in [2.45, 2.75) is 15.8 Å². The number of anilines is 2. The summed E-state index contributed by atoms with van der Waals surface area (Å²) in [6.07, 6.45) is 1.72. The molecule has 4 rings (SSSR count). The standard InChI is InChI=1S/C22H19ClN4O5S2/c23-15-3-1-14(2-4-15)21-13-20(26-16-5-9-18(10-6-16)33(24,29)30)22(28)27(21)17-7-11-19(12-8-17)34(25,31)32/h1-13,21,26H,(H2,24,29,30)(H2,25,31,32)/t21-/m1/s1. The largest absolute Gasteiger partial charge is 0.351 e. The molecule has 9 nitrogen and oxygen atoms in total. The van der Waals surface area contributed by atoms with Crippen molar-refractivity contribution in [3.05, 3.63) is 95.2 Å². The molecule has 1 heterocycles. The zero-order chi connectivity index (χ0) is 24.7. The third-order valence-electron chi connectivity index (χ3n) is 5.17.